The molecule has 0 aliphatic carbocycles. The summed E-state index contributed by atoms with van der Waals surface area (Å²) in [6.07, 6.45) is 0. The summed E-state index contributed by atoms with van der Waals surface area (Å²) in [6.45, 7) is 1.94. The smallest absolute Gasteiger partial charge is 0.226 e. The highest BCUT2D eigenvalue weighted by Crippen LogP contribution is 2.39. The maximum atomic E-state index is 9.35. The van der Waals surface area contributed by atoms with E-state index in [0.717, 1.165) is 5.56 Å². The Hall–Kier alpha value is -2.99. The summed E-state index contributed by atoms with van der Waals surface area (Å²) in [5, 5.41) is 9.35. The molecule has 0 aliphatic heterocycles. The van der Waals surface area contributed by atoms with Crippen LogP contribution in [0.4, 0.5) is 0 Å². The predicted molar refractivity (Wildman–Crippen MR) is 96.5 cm³/mol. The summed E-state index contributed by atoms with van der Waals surface area (Å²) in [5.41, 5.74) is 2.28. The standard InChI is InChI=1S/C20H21NO5/c1-13-16(21-20(26-13)15-7-5-4-6-8-15)12-25-19-17(23-2)9-14(11-22)10-18(19)24-3/h4-10,22H,11-12H2,1-3H3. The maximum Gasteiger partial charge on any atom is 0.226 e. The quantitative estimate of drug-likeness (QED) is 0.696. The third-order valence-electron chi connectivity index (χ3n) is 3.97. The number of methoxy groups -OCH3 is 2. The number of aryl methyl sites for hydroxylation is 1. The Labute approximate surface area is 152 Å². The molecule has 6 heteroatoms. The molecule has 0 spiro atoms. The number of nitrogens with zero attached hydrogens (tertiary/aromatic N) is 1. The molecule has 1 heterocycles. The highest BCUT2D eigenvalue weighted by Gasteiger charge is 2.17. The van der Waals surface area contributed by atoms with E-state index in [1.807, 2.05) is 37.3 Å². The number of benzene rings is 2. The van der Waals surface area contributed by atoms with Gasteiger partial charge < -0.3 is 23.7 Å². The topological polar surface area (TPSA) is 74.0 Å². The number of hydrogen-bond donors (Lipinski definition) is 1. The maximum absolute atomic E-state index is 9.35. The lowest BCUT2D eigenvalue weighted by Gasteiger charge is -2.15. The molecule has 6 nitrogen and oxygen atoms in total. The van der Waals surface area contributed by atoms with E-state index in [9.17, 15) is 5.11 Å². The molecule has 0 unspecified atom stereocenters. The van der Waals surface area contributed by atoms with E-state index in [-0.39, 0.29) is 13.2 Å². The molecule has 0 aliphatic rings. The fraction of sp³-hybridized carbons (Fsp3) is 0.250. The van der Waals surface area contributed by atoms with Gasteiger partial charge in [-0.3, -0.25) is 0 Å². The van der Waals surface area contributed by atoms with E-state index in [0.29, 0.717) is 40.2 Å². The summed E-state index contributed by atoms with van der Waals surface area (Å²) in [7, 11) is 3.08. The number of oxazole rings is 1. The summed E-state index contributed by atoms with van der Waals surface area (Å²) in [4.78, 5) is 4.53. The van der Waals surface area contributed by atoms with Crippen molar-refractivity contribution in [1.82, 2.24) is 4.98 Å². The highest BCUT2D eigenvalue weighted by molar-refractivity contribution is 5.54. The van der Waals surface area contributed by atoms with Gasteiger partial charge in [0.05, 0.1) is 20.8 Å². The van der Waals surface area contributed by atoms with Crippen LogP contribution in [0.2, 0.25) is 0 Å². The van der Waals surface area contributed by atoms with Gasteiger partial charge in [0.2, 0.25) is 11.6 Å². The van der Waals surface area contributed by atoms with Crippen molar-refractivity contribution in [3.63, 3.8) is 0 Å². The molecule has 1 aromatic heterocycles. The van der Waals surface area contributed by atoms with Gasteiger partial charge in [-0.25, -0.2) is 4.98 Å². The van der Waals surface area contributed by atoms with Crippen LogP contribution in [0.1, 0.15) is 17.0 Å². The Kier molecular flexibility index (Phi) is 5.43. The lowest BCUT2D eigenvalue weighted by atomic mass is 10.2. The Morgan fingerprint density at radius 1 is 1.04 bits per heavy atom. The van der Waals surface area contributed by atoms with Crippen molar-refractivity contribution in [2.45, 2.75) is 20.1 Å². The van der Waals surface area contributed by atoms with Crippen molar-refractivity contribution < 1.29 is 23.7 Å². The van der Waals surface area contributed by atoms with Gasteiger partial charge in [0.15, 0.2) is 11.5 Å². The summed E-state index contributed by atoms with van der Waals surface area (Å²) in [6, 6.07) is 13.1. The molecule has 26 heavy (non-hydrogen) atoms. The van der Waals surface area contributed by atoms with Crippen molar-refractivity contribution >= 4 is 0 Å². The zero-order valence-corrected chi connectivity index (χ0v) is 15.0. The predicted octanol–water partition coefficient (Wildman–Crippen LogP) is 3.74. The van der Waals surface area contributed by atoms with Crippen molar-refractivity contribution in [2.24, 2.45) is 0 Å². The third kappa shape index (κ3) is 3.65. The van der Waals surface area contributed by atoms with Crippen LogP contribution < -0.4 is 14.2 Å². The second kappa shape index (κ2) is 7.93. The zero-order valence-electron chi connectivity index (χ0n) is 15.0. The second-order valence-corrected chi connectivity index (χ2v) is 5.66. The minimum atomic E-state index is -0.115. The van der Waals surface area contributed by atoms with Crippen LogP contribution in [0.3, 0.4) is 0 Å². The first kappa shape index (κ1) is 17.8. The molecule has 0 saturated carbocycles. The van der Waals surface area contributed by atoms with Crippen LogP contribution in [-0.4, -0.2) is 24.3 Å². The number of aromatic nitrogens is 1. The van der Waals surface area contributed by atoms with Gasteiger partial charge in [-0.15, -0.1) is 0 Å². The number of rotatable bonds is 7. The van der Waals surface area contributed by atoms with Crippen LogP contribution in [0, 0.1) is 6.92 Å². The van der Waals surface area contributed by atoms with Crippen LogP contribution in [0.15, 0.2) is 46.9 Å². The van der Waals surface area contributed by atoms with E-state index in [1.54, 1.807) is 12.1 Å². The van der Waals surface area contributed by atoms with Gasteiger partial charge in [0, 0.05) is 5.56 Å². The second-order valence-electron chi connectivity index (χ2n) is 5.66. The molecule has 3 aromatic rings. The van der Waals surface area contributed by atoms with Crippen molar-refractivity contribution in [3.05, 3.63) is 59.5 Å². The molecule has 0 bridgehead atoms. The van der Waals surface area contributed by atoms with Gasteiger partial charge in [0.25, 0.3) is 0 Å². The van der Waals surface area contributed by atoms with E-state index in [2.05, 4.69) is 4.98 Å². The Balaban J connectivity index is 1.84. The third-order valence-corrected chi connectivity index (χ3v) is 3.97. The number of ether oxygens (including phenoxy) is 3. The van der Waals surface area contributed by atoms with Gasteiger partial charge in [0.1, 0.15) is 18.1 Å². The van der Waals surface area contributed by atoms with E-state index >= 15 is 0 Å². The summed E-state index contributed by atoms with van der Waals surface area (Å²) in [5.74, 6) is 2.66. The largest absolute Gasteiger partial charge is 0.493 e. The lowest BCUT2D eigenvalue weighted by molar-refractivity contribution is 0.257. The number of hydrogen-bond acceptors (Lipinski definition) is 6. The first-order valence-corrected chi connectivity index (χ1v) is 8.16. The molecule has 1 N–H and O–H groups in total. The minimum absolute atomic E-state index is 0.115. The average molecular weight is 355 g/mol. The lowest BCUT2D eigenvalue weighted by Crippen LogP contribution is -2.02. The molecule has 136 valence electrons. The van der Waals surface area contributed by atoms with Gasteiger partial charge in [-0.1, -0.05) is 18.2 Å². The van der Waals surface area contributed by atoms with Crippen LogP contribution in [0.25, 0.3) is 11.5 Å². The average Bonchev–Trinajstić information content (AvgIpc) is 3.07. The first-order chi connectivity index (χ1) is 12.7. The molecular weight excluding hydrogens is 334 g/mol. The molecular formula is C20H21NO5. The molecule has 3 rings (SSSR count). The van der Waals surface area contributed by atoms with Crippen molar-refractivity contribution in [1.29, 1.82) is 0 Å². The Morgan fingerprint density at radius 2 is 1.69 bits per heavy atom. The Morgan fingerprint density at radius 3 is 2.27 bits per heavy atom. The molecule has 0 fully saturated rings. The number of aliphatic hydroxyl groups excluding tert-OH is 1. The molecule has 0 saturated heterocycles. The highest BCUT2D eigenvalue weighted by atomic mass is 16.5. The van der Waals surface area contributed by atoms with Crippen molar-refractivity contribution in [2.75, 3.05) is 14.2 Å². The van der Waals surface area contributed by atoms with Crippen LogP contribution >= 0.6 is 0 Å². The minimum Gasteiger partial charge on any atom is -0.493 e. The fourth-order valence-corrected chi connectivity index (χ4v) is 2.57. The Bertz CT molecular complexity index is 848. The molecule has 2 aromatic carbocycles. The van der Waals surface area contributed by atoms with E-state index in [4.69, 9.17) is 18.6 Å². The fourth-order valence-electron chi connectivity index (χ4n) is 2.57. The molecule has 0 atom stereocenters. The SMILES string of the molecule is COc1cc(CO)cc(OC)c1OCc1nc(-c2ccccc2)oc1C. The van der Waals surface area contributed by atoms with E-state index in [1.165, 1.54) is 14.2 Å². The molecule has 0 amide bonds. The zero-order chi connectivity index (χ0) is 18.5. The van der Waals surface area contributed by atoms with Gasteiger partial charge in [-0.2, -0.15) is 0 Å². The number of aliphatic hydroxyl groups is 1. The monoisotopic (exact) mass is 355 g/mol. The van der Waals surface area contributed by atoms with Crippen LogP contribution in [-0.2, 0) is 13.2 Å². The summed E-state index contributed by atoms with van der Waals surface area (Å²) >= 11 is 0. The normalized spacial score (nSPS) is 10.6. The molecule has 0 radical (unpaired) electrons. The van der Waals surface area contributed by atoms with Crippen molar-refractivity contribution in [3.8, 4) is 28.7 Å². The van der Waals surface area contributed by atoms with Crippen LogP contribution in [0.5, 0.6) is 17.2 Å². The first-order valence-electron chi connectivity index (χ1n) is 8.16. The van der Waals surface area contributed by atoms with Gasteiger partial charge >= 0.3 is 0 Å². The van der Waals surface area contributed by atoms with E-state index < -0.39 is 0 Å². The summed E-state index contributed by atoms with van der Waals surface area (Å²) < 4.78 is 22.4. The van der Waals surface area contributed by atoms with Gasteiger partial charge in [-0.05, 0) is 36.8 Å².